The van der Waals surface area contributed by atoms with Crippen LogP contribution < -0.4 is 4.90 Å². The first-order valence-electron chi connectivity index (χ1n) is 24.3. The van der Waals surface area contributed by atoms with Gasteiger partial charge < -0.3 is 13.9 Å². The molecule has 14 aromatic rings. The van der Waals surface area contributed by atoms with Crippen molar-refractivity contribution >= 4 is 82.4 Å². The maximum absolute atomic E-state index is 6.99. The standard InChI is InChI=1S/C68H44N2O/c1-2-23-53(24-3-1)70-62-31-10-8-27-60(62)66-57(29-15-32-63(66)70)52-22-13-25-55(44-52)69(54-38-36-46(37-39-54)49-20-12-21-50(42-49)51-35-34-45-16-4-5-18-48(45)43-51)64-41-40-59(58-30-14-19-47-17-6-7-26-56(47)58)68-67(64)61-28-9-11-33-65(61)71-68/h1-44H. The van der Waals surface area contributed by atoms with Crippen LogP contribution in [-0.2, 0) is 0 Å². The van der Waals surface area contributed by atoms with E-state index in [1.807, 2.05) is 0 Å². The number of nitrogens with zero attached hydrogens (tertiary/aromatic N) is 2. The van der Waals surface area contributed by atoms with Crippen molar-refractivity contribution in [1.29, 1.82) is 0 Å². The number of furan rings is 1. The first-order valence-corrected chi connectivity index (χ1v) is 24.3. The Morgan fingerprint density at radius 3 is 1.80 bits per heavy atom. The Labute approximate surface area is 411 Å². The number of aromatic nitrogens is 1. The molecule has 14 rings (SSSR count). The van der Waals surface area contributed by atoms with Gasteiger partial charge in [-0.15, -0.1) is 0 Å². The third-order valence-electron chi connectivity index (χ3n) is 14.4. The Bertz CT molecular complexity index is 4340. The van der Waals surface area contributed by atoms with Crippen molar-refractivity contribution in [1.82, 2.24) is 4.57 Å². The van der Waals surface area contributed by atoms with E-state index in [4.69, 9.17) is 4.42 Å². The molecular formula is C68H44N2O. The van der Waals surface area contributed by atoms with Crippen molar-refractivity contribution in [3.63, 3.8) is 0 Å². The van der Waals surface area contributed by atoms with Crippen LogP contribution in [0.25, 0.3) is 115 Å². The molecule has 71 heavy (non-hydrogen) atoms. The number of benzene rings is 12. The molecule has 0 aliphatic carbocycles. The van der Waals surface area contributed by atoms with Crippen LogP contribution >= 0.6 is 0 Å². The summed E-state index contributed by atoms with van der Waals surface area (Å²) in [7, 11) is 0. The molecule has 0 saturated heterocycles. The third-order valence-corrected chi connectivity index (χ3v) is 14.4. The second-order valence-electron chi connectivity index (χ2n) is 18.4. The van der Waals surface area contributed by atoms with Crippen molar-refractivity contribution in [2.45, 2.75) is 0 Å². The van der Waals surface area contributed by atoms with E-state index in [1.54, 1.807) is 0 Å². The van der Waals surface area contributed by atoms with E-state index < -0.39 is 0 Å². The molecule has 3 nitrogen and oxygen atoms in total. The molecule has 2 heterocycles. The number of rotatable bonds is 8. The zero-order valence-electron chi connectivity index (χ0n) is 38.7. The molecule has 0 amide bonds. The lowest BCUT2D eigenvalue weighted by Crippen LogP contribution is -2.10. The monoisotopic (exact) mass is 904 g/mol. The quantitative estimate of drug-likeness (QED) is 0.151. The lowest BCUT2D eigenvalue weighted by Gasteiger charge is -2.27. The van der Waals surface area contributed by atoms with Crippen LogP contribution in [0.15, 0.2) is 271 Å². The van der Waals surface area contributed by atoms with Crippen LogP contribution in [0.4, 0.5) is 17.1 Å². The summed E-state index contributed by atoms with van der Waals surface area (Å²) in [6.07, 6.45) is 0. The van der Waals surface area contributed by atoms with E-state index in [9.17, 15) is 0 Å². The maximum atomic E-state index is 6.99. The summed E-state index contributed by atoms with van der Waals surface area (Å²) in [5.41, 5.74) is 17.6. The van der Waals surface area contributed by atoms with Crippen LogP contribution in [0.2, 0.25) is 0 Å². The highest BCUT2D eigenvalue weighted by Gasteiger charge is 2.24. The van der Waals surface area contributed by atoms with Crippen LogP contribution in [0, 0.1) is 0 Å². The minimum absolute atomic E-state index is 0.855. The van der Waals surface area contributed by atoms with E-state index in [2.05, 4.69) is 276 Å². The normalized spacial score (nSPS) is 11.7. The molecule has 0 aliphatic heterocycles. The Morgan fingerprint density at radius 2 is 0.930 bits per heavy atom. The molecule has 0 N–H and O–H groups in total. The molecular weight excluding hydrogens is 861 g/mol. The molecule has 0 unspecified atom stereocenters. The number of hydrogen-bond donors (Lipinski definition) is 0. The fraction of sp³-hybridized carbons (Fsp3) is 0. The third kappa shape index (κ3) is 6.82. The summed E-state index contributed by atoms with van der Waals surface area (Å²) >= 11 is 0. The number of anilines is 3. The summed E-state index contributed by atoms with van der Waals surface area (Å²) in [5.74, 6) is 0. The highest BCUT2D eigenvalue weighted by Crippen LogP contribution is 2.48. The van der Waals surface area contributed by atoms with Crippen molar-refractivity contribution in [3.8, 4) is 50.2 Å². The Hall–Kier alpha value is -9.44. The largest absolute Gasteiger partial charge is 0.455 e. The summed E-state index contributed by atoms with van der Waals surface area (Å²) in [6, 6.07) is 96.7. The Balaban J connectivity index is 0.962. The van der Waals surface area contributed by atoms with Gasteiger partial charge >= 0.3 is 0 Å². The fourth-order valence-electron chi connectivity index (χ4n) is 11.1. The molecule has 0 saturated carbocycles. The molecule has 2 aromatic heterocycles. The second-order valence-corrected chi connectivity index (χ2v) is 18.4. The average Bonchev–Trinajstić information content (AvgIpc) is 4.01. The topological polar surface area (TPSA) is 21.3 Å². The van der Waals surface area contributed by atoms with Gasteiger partial charge in [0, 0.05) is 38.8 Å². The minimum Gasteiger partial charge on any atom is -0.455 e. The van der Waals surface area contributed by atoms with Crippen molar-refractivity contribution in [2.75, 3.05) is 4.90 Å². The van der Waals surface area contributed by atoms with Gasteiger partial charge in [-0.1, -0.05) is 188 Å². The van der Waals surface area contributed by atoms with Gasteiger partial charge in [-0.2, -0.15) is 0 Å². The summed E-state index contributed by atoms with van der Waals surface area (Å²) in [4.78, 5) is 2.42. The van der Waals surface area contributed by atoms with E-state index >= 15 is 0 Å². The zero-order valence-corrected chi connectivity index (χ0v) is 38.7. The van der Waals surface area contributed by atoms with Gasteiger partial charge in [0.1, 0.15) is 11.2 Å². The van der Waals surface area contributed by atoms with E-state index in [0.29, 0.717) is 0 Å². The van der Waals surface area contributed by atoms with Gasteiger partial charge in [0.15, 0.2) is 0 Å². The van der Waals surface area contributed by atoms with Gasteiger partial charge in [0.25, 0.3) is 0 Å². The SMILES string of the molecule is c1ccc(-n2c3ccccc3c3c(-c4cccc(N(c5ccc(-c6cccc(-c7ccc8ccccc8c7)c6)cc5)c5ccc(-c6cccc7ccccc67)c6oc7ccccc7c56)c4)cccc32)cc1. The summed E-state index contributed by atoms with van der Waals surface area (Å²) in [5, 5.41) is 9.46. The fourth-order valence-corrected chi connectivity index (χ4v) is 11.1. The van der Waals surface area contributed by atoms with E-state index in [-0.39, 0.29) is 0 Å². The predicted molar refractivity (Wildman–Crippen MR) is 299 cm³/mol. The minimum atomic E-state index is 0.855. The highest BCUT2D eigenvalue weighted by atomic mass is 16.3. The highest BCUT2D eigenvalue weighted by molar-refractivity contribution is 6.19. The van der Waals surface area contributed by atoms with Gasteiger partial charge in [-0.05, 0) is 139 Å². The molecule has 12 aromatic carbocycles. The summed E-state index contributed by atoms with van der Waals surface area (Å²) in [6.45, 7) is 0. The lowest BCUT2D eigenvalue weighted by atomic mass is 9.95. The van der Waals surface area contributed by atoms with Crippen LogP contribution in [-0.4, -0.2) is 4.57 Å². The number of para-hydroxylation sites is 3. The van der Waals surface area contributed by atoms with Gasteiger partial charge in [-0.25, -0.2) is 0 Å². The Kier molecular flexibility index (Phi) is 9.53. The Morgan fingerprint density at radius 1 is 0.310 bits per heavy atom. The average molecular weight is 905 g/mol. The molecule has 0 aliphatic rings. The number of fused-ring (bicyclic) bond motifs is 8. The van der Waals surface area contributed by atoms with Crippen molar-refractivity contribution in [3.05, 3.63) is 267 Å². The molecule has 3 heteroatoms. The number of hydrogen-bond acceptors (Lipinski definition) is 2. The first kappa shape index (κ1) is 40.6. The van der Waals surface area contributed by atoms with Crippen molar-refractivity contribution in [2.24, 2.45) is 0 Å². The van der Waals surface area contributed by atoms with Crippen molar-refractivity contribution < 1.29 is 4.42 Å². The molecule has 0 radical (unpaired) electrons. The molecule has 0 spiro atoms. The van der Waals surface area contributed by atoms with Crippen LogP contribution in [0.1, 0.15) is 0 Å². The van der Waals surface area contributed by atoms with Gasteiger partial charge in [0.2, 0.25) is 0 Å². The second kappa shape index (κ2) is 16.7. The molecule has 0 atom stereocenters. The van der Waals surface area contributed by atoms with Gasteiger partial charge in [-0.3, -0.25) is 0 Å². The van der Waals surface area contributed by atoms with Gasteiger partial charge in [0.05, 0.1) is 22.1 Å². The van der Waals surface area contributed by atoms with E-state index in [0.717, 1.165) is 66.9 Å². The predicted octanol–water partition coefficient (Wildman–Crippen LogP) is 19.1. The summed E-state index contributed by atoms with van der Waals surface area (Å²) < 4.78 is 9.38. The first-order chi connectivity index (χ1) is 35.2. The lowest BCUT2D eigenvalue weighted by molar-refractivity contribution is 0.670. The maximum Gasteiger partial charge on any atom is 0.145 e. The van der Waals surface area contributed by atoms with Crippen LogP contribution in [0.3, 0.4) is 0 Å². The van der Waals surface area contributed by atoms with Crippen LogP contribution in [0.5, 0.6) is 0 Å². The molecule has 332 valence electrons. The zero-order chi connectivity index (χ0) is 46.8. The smallest absolute Gasteiger partial charge is 0.145 e. The molecule has 0 bridgehead atoms. The molecule has 0 fully saturated rings. The van der Waals surface area contributed by atoms with E-state index in [1.165, 1.54) is 65.6 Å².